The minimum atomic E-state index is -1.47. The number of amides is 2. The van der Waals surface area contributed by atoms with E-state index in [4.69, 9.17) is 4.74 Å². The number of carbonyl (C=O) groups is 2. The maximum atomic E-state index is 13.7. The van der Waals surface area contributed by atoms with Gasteiger partial charge >= 0.3 is 6.09 Å². The first-order valence-corrected chi connectivity index (χ1v) is 14.9. The molecule has 2 aliphatic rings. The Hall–Kier alpha value is -3.93. The highest BCUT2D eigenvalue weighted by molar-refractivity contribution is 5.94. The van der Waals surface area contributed by atoms with Crippen LogP contribution >= 0.6 is 0 Å². The first-order chi connectivity index (χ1) is 20.7. The molecule has 2 fully saturated rings. The Morgan fingerprint density at radius 1 is 0.841 bits per heavy atom. The molecule has 0 saturated carbocycles. The van der Waals surface area contributed by atoms with E-state index in [1.54, 1.807) is 26.6 Å². The van der Waals surface area contributed by atoms with Crippen molar-refractivity contribution in [3.63, 3.8) is 0 Å². The number of halogens is 3. The van der Waals surface area contributed by atoms with Crippen LogP contribution in [0.2, 0.25) is 0 Å². The van der Waals surface area contributed by atoms with Gasteiger partial charge in [0.1, 0.15) is 11.3 Å². The van der Waals surface area contributed by atoms with Gasteiger partial charge in [-0.1, -0.05) is 5.21 Å². The molecule has 12 heteroatoms. The van der Waals surface area contributed by atoms with Gasteiger partial charge in [0.15, 0.2) is 17.5 Å². The molecular weight excluding hydrogens is 573 g/mol. The van der Waals surface area contributed by atoms with Gasteiger partial charge in [0.2, 0.25) is 0 Å². The van der Waals surface area contributed by atoms with Crippen LogP contribution in [0.4, 0.5) is 18.0 Å². The topological polar surface area (TPSA) is 83.8 Å². The summed E-state index contributed by atoms with van der Waals surface area (Å²) < 4.78 is 47.9. The van der Waals surface area contributed by atoms with Crippen molar-refractivity contribution in [2.45, 2.75) is 64.5 Å². The normalized spacial score (nSPS) is 17.2. The highest BCUT2D eigenvalue weighted by Gasteiger charge is 2.36. The number of benzene rings is 2. The predicted molar refractivity (Wildman–Crippen MR) is 158 cm³/mol. The molecule has 0 atom stereocenters. The fraction of sp³-hybridized carbons (Fsp3) is 0.500. The Kier molecular flexibility index (Phi) is 8.75. The number of rotatable bonds is 5. The fourth-order valence-corrected chi connectivity index (χ4v) is 5.77. The molecule has 236 valence electrons. The summed E-state index contributed by atoms with van der Waals surface area (Å²) in [5.74, 6) is -4.13. The molecule has 9 nitrogen and oxygen atoms in total. The standard InChI is InChI=1S/C32H39F3N6O3/c1-31(2,3)44-30(43)39-14-16-40(17-15-39)32(4,5)27-20-41(37-36-27)24-8-6-22(7-9-24)29(42)38-12-10-21(11-13-38)23-18-25(33)28(35)26(34)19-23/h6-9,18-21H,10-17H2,1-5H3. The molecule has 0 bridgehead atoms. The van der Waals surface area contributed by atoms with Crippen molar-refractivity contribution in [3.05, 3.63) is 76.9 Å². The van der Waals surface area contributed by atoms with Gasteiger partial charge in [0, 0.05) is 44.8 Å². The number of ether oxygens (including phenoxy) is 1. The lowest BCUT2D eigenvalue weighted by molar-refractivity contribution is 0.000660. The van der Waals surface area contributed by atoms with Gasteiger partial charge < -0.3 is 14.5 Å². The Morgan fingerprint density at radius 2 is 1.43 bits per heavy atom. The number of aromatic nitrogens is 3. The molecule has 0 radical (unpaired) electrons. The molecule has 0 unspecified atom stereocenters. The zero-order chi connectivity index (χ0) is 31.8. The number of hydrogen-bond acceptors (Lipinski definition) is 6. The largest absolute Gasteiger partial charge is 0.444 e. The van der Waals surface area contributed by atoms with Gasteiger partial charge in [-0.2, -0.15) is 0 Å². The van der Waals surface area contributed by atoms with E-state index in [9.17, 15) is 22.8 Å². The first kappa shape index (κ1) is 31.5. The second-order valence-corrected chi connectivity index (χ2v) is 13.0. The van der Waals surface area contributed by atoms with Gasteiger partial charge in [-0.3, -0.25) is 9.69 Å². The van der Waals surface area contributed by atoms with Crippen molar-refractivity contribution in [3.8, 4) is 5.69 Å². The number of piperidine rings is 1. The van der Waals surface area contributed by atoms with Gasteiger partial charge in [-0.05, 0) is 95.3 Å². The molecule has 3 aromatic rings. The van der Waals surface area contributed by atoms with Crippen molar-refractivity contribution in [1.82, 2.24) is 29.7 Å². The Balaban J connectivity index is 1.17. The SMILES string of the molecule is CC(C)(C)OC(=O)N1CCN(C(C)(C)c2cn(-c3ccc(C(=O)N4CCC(c5cc(F)c(F)c(F)c5)CC4)cc3)nn2)CC1. The molecule has 5 rings (SSSR count). The van der Waals surface area contributed by atoms with Crippen molar-refractivity contribution in [2.24, 2.45) is 0 Å². The summed E-state index contributed by atoms with van der Waals surface area (Å²) in [5, 5.41) is 8.78. The van der Waals surface area contributed by atoms with Crippen molar-refractivity contribution < 1.29 is 27.5 Å². The average molecular weight is 613 g/mol. The van der Waals surface area contributed by atoms with Gasteiger partial charge in [-0.15, -0.1) is 5.10 Å². The molecule has 2 aromatic carbocycles. The van der Waals surface area contributed by atoms with E-state index in [2.05, 4.69) is 29.1 Å². The van der Waals surface area contributed by atoms with E-state index in [1.807, 2.05) is 39.1 Å². The molecular formula is C32H39F3N6O3. The summed E-state index contributed by atoms with van der Waals surface area (Å²) in [4.78, 5) is 31.4. The maximum Gasteiger partial charge on any atom is 0.410 e. The second-order valence-electron chi connectivity index (χ2n) is 13.0. The van der Waals surface area contributed by atoms with Gasteiger partial charge in [0.25, 0.3) is 5.91 Å². The van der Waals surface area contributed by atoms with E-state index in [1.165, 1.54) is 0 Å². The monoisotopic (exact) mass is 612 g/mol. The van der Waals surface area contributed by atoms with Crippen molar-refractivity contribution in [2.75, 3.05) is 39.3 Å². The summed E-state index contributed by atoms with van der Waals surface area (Å²) >= 11 is 0. The van der Waals surface area contributed by atoms with E-state index in [0.717, 1.165) is 23.5 Å². The number of hydrogen-bond donors (Lipinski definition) is 0. The summed E-state index contributed by atoms with van der Waals surface area (Å²) in [6, 6.07) is 9.21. The van der Waals surface area contributed by atoms with Crippen LogP contribution in [0.5, 0.6) is 0 Å². The highest BCUT2D eigenvalue weighted by atomic mass is 19.2. The van der Waals surface area contributed by atoms with Crippen LogP contribution in [0.15, 0.2) is 42.6 Å². The predicted octanol–water partition coefficient (Wildman–Crippen LogP) is 5.49. The summed E-state index contributed by atoms with van der Waals surface area (Å²) in [7, 11) is 0. The summed E-state index contributed by atoms with van der Waals surface area (Å²) in [5.41, 5.74) is 1.51. The van der Waals surface area contributed by atoms with Crippen LogP contribution in [0.25, 0.3) is 5.69 Å². The minimum Gasteiger partial charge on any atom is -0.444 e. The first-order valence-electron chi connectivity index (χ1n) is 14.9. The van der Waals surface area contributed by atoms with Gasteiger partial charge in [-0.25, -0.2) is 22.6 Å². The van der Waals surface area contributed by atoms with Crippen LogP contribution in [0.1, 0.15) is 75.0 Å². The van der Waals surface area contributed by atoms with Crippen molar-refractivity contribution >= 4 is 12.0 Å². The molecule has 0 aliphatic carbocycles. The Morgan fingerprint density at radius 3 is 2.00 bits per heavy atom. The molecule has 2 saturated heterocycles. The zero-order valence-corrected chi connectivity index (χ0v) is 25.8. The smallest absolute Gasteiger partial charge is 0.410 e. The van der Waals surface area contributed by atoms with Crippen LogP contribution in [-0.4, -0.2) is 86.6 Å². The highest BCUT2D eigenvalue weighted by Crippen LogP contribution is 2.31. The quantitative estimate of drug-likeness (QED) is 0.355. The summed E-state index contributed by atoms with van der Waals surface area (Å²) in [6.45, 7) is 13.1. The number of nitrogens with zero attached hydrogens (tertiary/aromatic N) is 6. The van der Waals surface area contributed by atoms with E-state index >= 15 is 0 Å². The number of carbonyl (C=O) groups excluding carboxylic acids is 2. The Bertz CT molecular complexity index is 1480. The average Bonchev–Trinajstić information content (AvgIpc) is 3.50. The molecule has 1 aromatic heterocycles. The van der Waals surface area contributed by atoms with E-state index in [-0.39, 0.29) is 17.9 Å². The van der Waals surface area contributed by atoms with Gasteiger partial charge in [0.05, 0.1) is 17.4 Å². The minimum absolute atomic E-state index is 0.127. The van der Waals surface area contributed by atoms with E-state index in [0.29, 0.717) is 63.2 Å². The Labute approximate surface area is 255 Å². The van der Waals surface area contributed by atoms with Crippen LogP contribution < -0.4 is 0 Å². The molecule has 44 heavy (non-hydrogen) atoms. The molecule has 2 amide bonds. The lowest BCUT2D eigenvalue weighted by Gasteiger charge is -2.43. The fourth-order valence-electron chi connectivity index (χ4n) is 5.77. The second kappa shape index (κ2) is 12.2. The van der Waals surface area contributed by atoms with Crippen LogP contribution in [0, 0.1) is 17.5 Å². The molecule has 0 spiro atoms. The number of piperazine rings is 1. The van der Waals surface area contributed by atoms with Crippen LogP contribution in [0.3, 0.4) is 0 Å². The van der Waals surface area contributed by atoms with Crippen molar-refractivity contribution in [1.29, 1.82) is 0 Å². The van der Waals surface area contributed by atoms with E-state index < -0.39 is 28.6 Å². The summed E-state index contributed by atoms with van der Waals surface area (Å²) in [6.07, 6.45) is 2.64. The third-order valence-electron chi connectivity index (χ3n) is 8.48. The third kappa shape index (κ3) is 6.74. The lowest BCUT2D eigenvalue weighted by Crippen LogP contribution is -2.55. The zero-order valence-electron chi connectivity index (χ0n) is 25.8. The maximum absolute atomic E-state index is 13.7. The third-order valence-corrected chi connectivity index (χ3v) is 8.48. The van der Waals surface area contributed by atoms with Crippen LogP contribution in [-0.2, 0) is 10.3 Å². The lowest BCUT2D eigenvalue weighted by atomic mass is 9.89. The molecule has 3 heterocycles. The number of likely N-dealkylation sites (tertiary alicyclic amines) is 1. The molecule has 2 aliphatic heterocycles. The molecule has 0 N–H and O–H groups in total.